The van der Waals surface area contributed by atoms with Gasteiger partial charge in [0, 0.05) is 40.1 Å². The molecule has 1 saturated carbocycles. The summed E-state index contributed by atoms with van der Waals surface area (Å²) < 4.78 is 0. The average Bonchev–Trinajstić information content (AvgIpc) is 3.17. The molecule has 2 nitrogen and oxygen atoms in total. The average molecular weight is 286 g/mol. The van der Waals surface area contributed by atoms with Crippen molar-refractivity contribution in [2.24, 2.45) is 5.92 Å². The van der Waals surface area contributed by atoms with E-state index in [2.05, 4.69) is 70.9 Å². The van der Waals surface area contributed by atoms with E-state index in [1.165, 1.54) is 45.8 Å². The molecule has 0 unspecified atom stereocenters. The number of nitrogens with one attached hydrogen (secondary N) is 2. The van der Waals surface area contributed by atoms with E-state index in [0.29, 0.717) is 5.92 Å². The van der Waals surface area contributed by atoms with Gasteiger partial charge in [0.15, 0.2) is 0 Å². The van der Waals surface area contributed by atoms with Crippen molar-refractivity contribution in [1.82, 2.24) is 9.97 Å². The Labute approximate surface area is 129 Å². The van der Waals surface area contributed by atoms with Gasteiger partial charge in [-0.3, -0.25) is 0 Å². The van der Waals surface area contributed by atoms with Crippen molar-refractivity contribution in [1.29, 1.82) is 0 Å². The highest BCUT2D eigenvalue weighted by molar-refractivity contribution is 5.88. The number of aromatic amines is 2. The lowest BCUT2D eigenvalue weighted by Crippen LogP contribution is -2.02. The molecule has 1 aliphatic rings. The van der Waals surface area contributed by atoms with Crippen LogP contribution in [0.3, 0.4) is 0 Å². The van der Waals surface area contributed by atoms with Crippen LogP contribution in [0.4, 0.5) is 0 Å². The largest absolute Gasteiger partial charge is 0.361 e. The van der Waals surface area contributed by atoms with Crippen LogP contribution in [0.5, 0.6) is 0 Å². The first-order valence-corrected chi connectivity index (χ1v) is 8.04. The number of benzene rings is 2. The van der Waals surface area contributed by atoms with Crippen LogP contribution in [0.2, 0.25) is 0 Å². The fourth-order valence-corrected chi connectivity index (χ4v) is 3.81. The molecule has 2 aromatic heterocycles. The summed E-state index contributed by atoms with van der Waals surface area (Å²) in [6.45, 7) is 0. The van der Waals surface area contributed by atoms with E-state index in [4.69, 9.17) is 0 Å². The molecule has 5 rings (SSSR count). The lowest BCUT2D eigenvalue weighted by atomic mass is 9.87. The van der Waals surface area contributed by atoms with E-state index in [0.717, 1.165) is 5.92 Å². The summed E-state index contributed by atoms with van der Waals surface area (Å²) in [5.74, 6) is 1.27. The highest BCUT2D eigenvalue weighted by Gasteiger charge is 2.35. The molecule has 2 aromatic carbocycles. The molecule has 0 saturated heterocycles. The van der Waals surface area contributed by atoms with Crippen molar-refractivity contribution in [3.63, 3.8) is 0 Å². The smallest absolute Gasteiger partial charge is 0.0457 e. The number of hydrogen-bond acceptors (Lipinski definition) is 0. The summed E-state index contributed by atoms with van der Waals surface area (Å²) in [5, 5.41) is 2.73. The van der Waals surface area contributed by atoms with Crippen LogP contribution in [0, 0.1) is 5.92 Å². The summed E-state index contributed by atoms with van der Waals surface area (Å²) >= 11 is 0. The van der Waals surface area contributed by atoms with Crippen molar-refractivity contribution in [2.45, 2.75) is 18.8 Å². The molecule has 108 valence electrons. The molecule has 2 N–H and O–H groups in total. The minimum Gasteiger partial charge on any atom is -0.361 e. The van der Waals surface area contributed by atoms with Gasteiger partial charge < -0.3 is 9.97 Å². The monoisotopic (exact) mass is 286 g/mol. The zero-order chi connectivity index (χ0) is 14.5. The molecule has 0 atom stereocenters. The minimum atomic E-state index is 0.493. The van der Waals surface area contributed by atoms with Gasteiger partial charge in [-0.25, -0.2) is 0 Å². The van der Waals surface area contributed by atoms with Gasteiger partial charge in [0.1, 0.15) is 0 Å². The zero-order valence-corrected chi connectivity index (χ0v) is 12.3. The first kappa shape index (κ1) is 12.1. The molecule has 0 spiro atoms. The molecule has 2 heterocycles. The van der Waals surface area contributed by atoms with Gasteiger partial charge >= 0.3 is 0 Å². The Morgan fingerprint density at radius 2 is 1.23 bits per heavy atom. The number of rotatable bonds is 3. The van der Waals surface area contributed by atoms with Crippen LogP contribution in [0.1, 0.15) is 29.9 Å². The lowest BCUT2D eigenvalue weighted by molar-refractivity contribution is 0.714. The van der Waals surface area contributed by atoms with Crippen LogP contribution in [0.25, 0.3) is 21.8 Å². The Hall–Kier alpha value is -2.48. The molecule has 0 amide bonds. The number of para-hydroxylation sites is 2. The highest BCUT2D eigenvalue weighted by Crippen LogP contribution is 2.49. The predicted molar refractivity (Wildman–Crippen MR) is 91.2 cm³/mol. The number of hydrogen-bond donors (Lipinski definition) is 2. The van der Waals surface area contributed by atoms with E-state index in [1.807, 2.05) is 0 Å². The van der Waals surface area contributed by atoms with Crippen LogP contribution in [-0.2, 0) is 0 Å². The molecule has 1 aliphatic carbocycles. The highest BCUT2D eigenvalue weighted by atomic mass is 14.7. The summed E-state index contributed by atoms with van der Waals surface area (Å²) in [5.41, 5.74) is 5.37. The standard InChI is InChI=1S/C20H18N2/c1-3-7-18-14(5-1)16(11-21-18)20(13-9-10-13)17-12-22-19-8-4-2-6-15(17)19/h1-8,11-13,20-22H,9-10H2. The van der Waals surface area contributed by atoms with Gasteiger partial charge in [-0.2, -0.15) is 0 Å². The van der Waals surface area contributed by atoms with Gasteiger partial charge in [-0.15, -0.1) is 0 Å². The van der Waals surface area contributed by atoms with Crippen LogP contribution >= 0.6 is 0 Å². The third-order valence-electron chi connectivity index (χ3n) is 5.01. The summed E-state index contributed by atoms with van der Waals surface area (Å²) in [6, 6.07) is 17.3. The number of H-pyrrole nitrogens is 2. The Balaban J connectivity index is 1.74. The second-order valence-corrected chi connectivity index (χ2v) is 6.39. The van der Waals surface area contributed by atoms with Crippen molar-refractivity contribution >= 4 is 21.8 Å². The van der Waals surface area contributed by atoms with E-state index in [1.54, 1.807) is 0 Å². The van der Waals surface area contributed by atoms with Gasteiger partial charge in [0.05, 0.1) is 0 Å². The molecule has 0 aliphatic heterocycles. The van der Waals surface area contributed by atoms with Crippen LogP contribution < -0.4 is 0 Å². The Morgan fingerprint density at radius 3 is 1.73 bits per heavy atom. The first-order valence-electron chi connectivity index (χ1n) is 8.04. The maximum absolute atomic E-state index is 3.45. The number of fused-ring (bicyclic) bond motifs is 2. The Kier molecular flexibility index (Phi) is 2.48. The predicted octanol–water partition coefficient (Wildman–Crippen LogP) is 5.19. The molecular weight excluding hydrogens is 268 g/mol. The summed E-state index contributed by atoms with van der Waals surface area (Å²) in [7, 11) is 0. The van der Waals surface area contributed by atoms with Crippen LogP contribution in [0.15, 0.2) is 60.9 Å². The molecule has 0 bridgehead atoms. The van der Waals surface area contributed by atoms with Gasteiger partial charge in [0.2, 0.25) is 0 Å². The van der Waals surface area contributed by atoms with Crippen molar-refractivity contribution < 1.29 is 0 Å². The first-order chi connectivity index (χ1) is 10.9. The number of aromatic nitrogens is 2. The third-order valence-corrected chi connectivity index (χ3v) is 5.01. The molecule has 22 heavy (non-hydrogen) atoms. The van der Waals surface area contributed by atoms with Gasteiger partial charge in [0.25, 0.3) is 0 Å². The molecule has 1 fully saturated rings. The van der Waals surface area contributed by atoms with Crippen molar-refractivity contribution in [3.8, 4) is 0 Å². The fourth-order valence-electron chi connectivity index (χ4n) is 3.81. The van der Waals surface area contributed by atoms with Crippen molar-refractivity contribution in [3.05, 3.63) is 72.1 Å². The SMILES string of the molecule is c1ccc2c(C(c3c[nH]c4ccccc34)C3CC3)c[nH]c2c1. The molecule has 4 aromatic rings. The zero-order valence-electron chi connectivity index (χ0n) is 12.3. The second kappa shape index (κ2) is 4.51. The summed E-state index contributed by atoms with van der Waals surface area (Å²) in [6.07, 6.45) is 7.11. The quantitative estimate of drug-likeness (QED) is 0.519. The Bertz CT molecular complexity index is 882. The van der Waals surface area contributed by atoms with E-state index in [-0.39, 0.29) is 0 Å². The van der Waals surface area contributed by atoms with Crippen molar-refractivity contribution in [2.75, 3.05) is 0 Å². The maximum atomic E-state index is 3.45. The van der Waals surface area contributed by atoms with Gasteiger partial charge in [-0.05, 0) is 42.0 Å². The topological polar surface area (TPSA) is 31.6 Å². The van der Waals surface area contributed by atoms with E-state index >= 15 is 0 Å². The van der Waals surface area contributed by atoms with Gasteiger partial charge in [-0.1, -0.05) is 36.4 Å². The minimum absolute atomic E-state index is 0.493. The normalized spacial score (nSPS) is 15.1. The lowest BCUT2D eigenvalue weighted by Gasteiger charge is -2.15. The Morgan fingerprint density at radius 1 is 0.727 bits per heavy atom. The fraction of sp³-hybridized carbons (Fsp3) is 0.200. The summed E-state index contributed by atoms with van der Waals surface area (Å²) in [4.78, 5) is 6.90. The maximum Gasteiger partial charge on any atom is 0.0457 e. The second-order valence-electron chi connectivity index (χ2n) is 6.39. The molecular formula is C20H18N2. The van der Waals surface area contributed by atoms with E-state index < -0.39 is 0 Å². The van der Waals surface area contributed by atoms with E-state index in [9.17, 15) is 0 Å². The van der Waals surface area contributed by atoms with Crippen LogP contribution in [-0.4, -0.2) is 9.97 Å². The third kappa shape index (κ3) is 1.73. The molecule has 0 radical (unpaired) electrons. The molecule has 2 heteroatoms.